The van der Waals surface area contributed by atoms with Crippen LogP contribution in [-0.4, -0.2) is 24.6 Å². The third-order valence-corrected chi connectivity index (χ3v) is 5.18. The lowest BCUT2D eigenvalue weighted by molar-refractivity contribution is -0.118. The summed E-state index contributed by atoms with van der Waals surface area (Å²) in [7, 11) is 0. The van der Waals surface area contributed by atoms with Crippen molar-refractivity contribution in [2.75, 3.05) is 6.79 Å². The number of nitrogens with one attached hydrogen (secondary N) is 2. The van der Waals surface area contributed by atoms with Crippen molar-refractivity contribution < 1.29 is 19.1 Å². The molecule has 2 aliphatic rings. The molecule has 0 radical (unpaired) electrons. The minimum Gasteiger partial charge on any atom is -0.454 e. The maximum absolute atomic E-state index is 13.0. The van der Waals surface area contributed by atoms with Crippen LogP contribution in [0.15, 0.2) is 54.2 Å². The molecule has 1 heterocycles. The second-order valence-corrected chi connectivity index (χ2v) is 7.30. The Morgan fingerprint density at radius 1 is 0.931 bits per heavy atom. The molecule has 4 rings (SSSR count). The Balaban J connectivity index is 1.57. The SMILES string of the molecule is O=C(NC1CCCCC1)/C(=C\c1ccc2c(c1)OCO2)NC(=O)c1ccccc1. The highest BCUT2D eigenvalue weighted by molar-refractivity contribution is 6.05. The molecule has 2 aromatic carbocycles. The first kappa shape index (κ1) is 19.1. The molecule has 1 aliphatic carbocycles. The Kier molecular flexibility index (Phi) is 5.79. The van der Waals surface area contributed by atoms with Gasteiger partial charge in [0.05, 0.1) is 0 Å². The highest BCUT2D eigenvalue weighted by atomic mass is 16.7. The molecule has 0 bridgehead atoms. The molecule has 0 aromatic heterocycles. The van der Waals surface area contributed by atoms with Crippen LogP contribution < -0.4 is 20.1 Å². The lowest BCUT2D eigenvalue weighted by atomic mass is 9.95. The van der Waals surface area contributed by atoms with E-state index in [2.05, 4.69) is 10.6 Å². The molecule has 6 nitrogen and oxygen atoms in total. The van der Waals surface area contributed by atoms with Gasteiger partial charge >= 0.3 is 0 Å². The number of ether oxygens (including phenoxy) is 2. The largest absolute Gasteiger partial charge is 0.454 e. The second-order valence-electron chi connectivity index (χ2n) is 7.30. The van der Waals surface area contributed by atoms with Gasteiger partial charge in [0.25, 0.3) is 11.8 Å². The van der Waals surface area contributed by atoms with Crippen LogP contribution >= 0.6 is 0 Å². The van der Waals surface area contributed by atoms with Crippen molar-refractivity contribution in [2.24, 2.45) is 0 Å². The Morgan fingerprint density at radius 3 is 2.48 bits per heavy atom. The first-order chi connectivity index (χ1) is 14.2. The first-order valence-electron chi connectivity index (χ1n) is 9.98. The number of carbonyl (C=O) groups is 2. The summed E-state index contributed by atoms with van der Waals surface area (Å²) >= 11 is 0. The topological polar surface area (TPSA) is 76.7 Å². The lowest BCUT2D eigenvalue weighted by Gasteiger charge is -2.23. The van der Waals surface area contributed by atoms with Crippen LogP contribution in [0.4, 0.5) is 0 Å². The summed E-state index contributed by atoms with van der Waals surface area (Å²) in [4.78, 5) is 25.6. The number of rotatable bonds is 5. The first-order valence-corrected chi connectivity index (χ1v) is 9.98. The molecular weight excluding hydrogens is 368 g/mol. The van der Waals surface area contributed by atoms with Crippen LogP contribution in [0.2, 0.25) is 0 Å². The zero-order valence-corrected chi connectivity index (χ0v) is 16.1. The van der Waals surface area contributed by atoms with Crippen LogP contribution in [0, 0.1) is 0 Å². The highest BCUT2D eigenvalue weighted by Crippen LogP contribution is 2.33. The molecule has 0 saturated heterocycles. The monoisotopic (exact) mass is 392 g/mol. The molecule has 2 amide bonds. The molecular formula is C23H24N2O4. The highest BCUT2D eigenvalue weighted by Gasteiger charge is 2.21. The van der Waals surface area contributed by atoms with Gasteiger partial charge in [-0.15, -0.1) is 0 Å². The van der Waals surface area contributed by atoms with E-state index in [0.29, 0.717) is 17.1 Å². The van der Waals surface area contributed by atoms with Gasteiger partial charge in [-0.1, -0.05) is 43.5 Å². The zero-order chi connectivity index (χ0) is 20.1. The number of fused-ring (bicyclic) bond motifs is 1. The summed E-state index contributed by atoms with van der Waals surface area (Å²) in [5, 5.41) is 5.85. The van der Waals surface area contributed by atoms with E-state index < -0.39 is 0 Å². The molecule has 150 valence electrons. The molecule has 1 fully saturated rings. The maximum atomic E-state index is 13.0. The van der Waals surface area contributed by atoms with E-state index in [1.54, 1.807) is 42.5 Å². The van der Waals surface area contributed by atoms with Gasteiger partial charge in [0.2, 0.25) is 6.79 Å². The van der Waals surface area contributed by atoms with Crippen molar-refractivity contribution in [3.63, 3.8) is 0 Å². The van der Waals surface area contributed by atoms with Crippen LogP contribution in [0.1, 0.15) is 48.0 Å². The number of hydrogen-bond acceptors (Lipinski definition) is 4. The Bertz CT molecular complexity index is 918. The summed E-state index contributed by atoms with van der Waals surface area (Å²) in [5.41, 5.74) is 1.45. The van der Waals surface area contributed by atoms with Crippen LogP contribution in [0.25, 0.3) is 6.08 Å². The third kappa shape index (κ3) is 4.77. The fourth-order valence-electron chi connectivity index (χ4n) is 3.62. The minimum absolute atomic E-state index is 0.144. The maximum Gasteiger partial charge on any atom is 0.268 e. The molecule has 0 spiro atoms. The lowest BCUT2D eigenvalue weighted by Crippen LogP contribution is -2.41. The summed E-state index contributed by atoms with van der Waals surface area (Å²) in [5.74, 6) is 0.694. The van der Waals surface area contributed by atoms with E-state index in [1.807, 2.05) is 12.1 Å². The molecule has 1 saturated carbocycles. The van der Waals surface area contributed by atoms with Crippen molar-refractivity contribution in [3.05, 3.63) is 65.4 Å². The van der Waals surface area contributed by atoms with E-state index in [4.69, 9.17) is 9.47 Å². The molecule has 0 unspecified atom stereocenters. The number of benzene rings is 2. The summed E-state index contributed by atoms with van der Waals surface area (Å²) in [6, 6.07) is 14.4. The Morgan fingerprint density at radius 2 is 1.69 bits per heavy atom. The molecule has 29 heavy (non-hydrogen) atoms. The van der Waals surface area contributed by atoms with Gasteiger partial charge in [0, 0.05) is 11.6 Å². The van der Waals surface area contributed by atoms with Gasteiger partial charge < -0.3 is 20.1 Å². The van der Waals surface area contributed by atoms with Gasteiger partial charge in [0.1, 0.15) is 5.70 Å². The fraction of sp³-hybridized carbons (Fsp3) is 0.304. The molecule has 0 atom stereocenters. The molecule has 1 aliphatic heterocycles. The van der Waals surface area contributed by atoms with Gasteiger partial charge in [-0.2, -0.15) is 0 Å². The average molecular weight is 392 g/mol. The van der Waals surface area contributed by atoms with Crippen LogP contribution in [0.3, 0.4) is 0 Å². The summed E-state index contributed by atoms with van der Waals surface area (Å²) in [6.45, 7) is 0.183. The van der Waals surface area contributed by atoms with E-state index in [1.165, 1.54) is 6.42 Å². The van der Waals surface area contributed by atoms with Crippen molar-refractivity contribution in [1.82, 2.24) is 10.6 Å². The quantitative estimate of drug-likeness (QED) is 0.762. The van der Waals surface area contributed by atoms with Gasteiger partial charge in [-0.05, 0) is 48.7 Å². The van der Waals surface area contributed by atoms with Crippen molar-refractivity contribution in [1.29, 1.82) is 0 Å². The number of hydrogen-bond donors (Lipinski definition) is 2. The smallest absolute Gasteiger partial charge is 0.268 e. The summed E-state index contributed by atoms with van der Waals surface area (Å²) < 4.78 is 10.8. The van der Waals surface area contributed by atoms with Crippen molar-refractivity contribution in [3.8, 4) is 11.5 Å². The molecule has 2 aromatic rings. The average Bonchev–Trinajstić information content (AvgIpc) is 3.22. The van der Waals surface area contributed by atoms with E-state index in [-0.39, 0.29) is 30.3 Å². The molecule has 2 N–H and O–H groups in total. The second kappa shape index (κ2) is 8.82. The van der Waals surface area contributed by atoms with E-state index in [0.717, 1.165) is 31.2 Å². The van der Waals surface area contributed by atoms with E-state index in [9.17, 15) is 9.59 Å². The zero-order valence-electron chi connectivity index (χ0n) is 16.1. The third-order valence-electron chi connectivity index (χ3n) is 5.18. The summed E-state index contributed by atoms with van der Waals surface area (Å²) in [6.07, 6.45) is 7.04. The van der Waals surface area contributed by atoms with Crippen LogP contribution in [-0.2, 0) is 4.79 Å². The van der Waals surface area contributed by atoms with Gasteiger partial charge in [-0.3, -0.25) is 9.59 Å². The fourth-order valence-corrected chi connectivity index (χ4v) is 3.62. The Labute approximate surface area is 169 Å². The number of amides is 2. The van der Waals surface area contributed by atoms with Crippen molar-refractivity contribution in [2.45, 2.75) is 38.1 Å². The van der Waals surface area contributed by atoms with E-state index >= 15 is 0 Å². The molecule has 6 heteroatoms. The normalized spacial score (nSPS) is 16.3. The number of carbonyl (C=O) groups excluding carboxylic acids is 2. The van der Waals surface area contributed by atoms with Crippen molar-refractivity contribution >= 4 is 17.9 Å². The standard InChI is InChI=1S/C23H24N2O4/c26-22(17-7-3-1-4-8-17)25-19(23(27)24-18-9-5-2-6-10-18)13-16-11-12-20-21(14-16)29-15-28-20/h1,3-4,7-8,11-14,18H,2,5-6,9-10,15H2,(H,24,27)(H,25,26)/b19-13+. The minimum atomic E-state index is -0.323. The van der Waals surface area contributed by atoms with Gasteiger partial charge in [0.15, 0.2) is 11.5 Å². The van der Waals surface area contributed by atoms with Gasteiger partial charge in [-0.25, -0.2) is 0 Å². The Hall–Kier alpha value is -3.28. The predicted molar refractivity (Wildman–Crippen MR) is 109 cm³/mol. The predicted octanol–water partition coefficient (Wildman–Crippen LogP) is 3.64. The van der Waals surface area contributed by atoms with Crippen LogP contribution in [0.5, 0.6) is 11.5 Å².